The van der Waals surface area contributed by atoms with Crippen molar-refractivity contribution in [2.24, 2.45) is 5.92 Å². The van der Waals surface area contributed by atoms with Crippen molar-refractivity contribution in [2.45, 2.75) is 52.0 Å². The van der Waals surface area contributed by atoms with Crippen LogP contribution in [0.25, 0.3) is 0 Å². The van der Waals surface area contributed by atoms with Crippen LogP contribution in [0.15, 0.2) is 0 Å². The molecule has 1 saturated carbocycles. The Hall–Kier alpha value is -1.30. The number of carboxylic acid groups (broad SMARTS) is 1. The molecule has 0 bridgehead atoms. The van der Waals surface area contributed by atoms with E-state index in [1.807, 2.05) is 0 Å². The molecule has 0 spiro atoms. The zero-order valence-corrected chi connectivity index (χ0v) is 13.2. The number of carboxylic acids is 1. The third kappa shape index (κ3) is 6.33. The van der Waals surface area contributed by atoms with Crippen molar-refractivity contribution in [3.05, 3.63) is 0 Å². The van der Waals surface area contributed by atoms with E-state index in [1.54, 1.807) is 0 Å². The van der Waals surface area contributed by atoms with Crippen LogP contribution in [0.5, 0.6) is 0 Å². The molecular formula is C15H29N3O3. The SMILES string of the molecule is CCN(CC)CCNC(=O)NC(C(=O)O)C1CCCCC1. The predicted octanol–water partition coefficient (Wildman–Crippen LogP) is 1.66. The summed E-state index contributed by atoms with van der Waals surface area (Å²) in [6, 6.07) is -1.14. The molecular weight excluding hydrogens is 270 g/mol. The van der Waals surface area contributed by atoms with Crippen molar-refractivity contribution < 1.29 is 14.7 Å². The summed E-state index contributed by atoms with van der Waals surface area (Å²) in [5.41, 5.74) is 0. The average Bonchev–Trinajstić information content (AvgIpc) is 2.50. The van der Waals surface area contributed by atoms with E-state index in [1.165, 1.54) is 6.42 Å². The molecule has 3 N–H and O–H groups in total. The van der Waals surface area contributed by atoms with Gasteiger partial charge >= 0.3 is 12.0 Å². The summed E-state index contributed by atoms with van der Waals surface area (Å²) in [4.78, 5) is 25.4. The van der Waals surface area contributed by atoms with E-state index in [0.29, 0.717) is 6.54 Å². The molecule has 1 atom stereocenters. The third-order valence-corrected chi connectivity index (χ3v) is 4.28. The molecule has 1 aliphatic rings. The highest BCUT2D eigenvalue weighted by Crippen LogP contribution is 2.26. The molecule has 0 aromatic rings. The van der Waals surface area contributed by atoms with Gasteiger partial charge in [-0.25, -0.2) is 9.59 Å². The Morgan fingerprint density at radius 1 is 1.19 bits per heavy atom. The maximum Gasteiger partial charge on any atom is 0.326 e. The molecule has 0 aromatic carbocycles. The van der Waals surface area contributed by atoms with E-state index in [-0.39, 0.29) is 11.9 Å². The number of carbonyl (C=O) groups is 2. The Labute approximate surface area is 127 Å². The van der Waals surface area contributed by atoms with Gasteiger partial charge < -0.3 is 20.6 Å². The topological polar surface area (TPSA) is 81.7 Å². The fourth-order valence-corrected chi connectivity index (χ4v) is 2.91. The van der Waals surface area contributed by atoms with Crippen molar-refractivity contribution >= 4 is 12.0 Å². The van der Waals surface area contributed by atoms with Crippen LogP contribution in [0.1, 0.15) is 46.0 Å². The zero-order chi connectivity index (χ0) is 15.7. The second-order valence-electron chi connectivity index (χ2n) is 5.64. The van der Waals surface area contributed by atoms with Gasteiger partial charge in [0.15, 0.2) is 0 Å². The highest BCUT2D eigenvalue weighted by molar-refractivity contribution is 5.82. The van der Waals surface area contributed by atoms with Crippen LogP contribution in [-0.2, 0) is 4.79 Å². The van der Waals surface area contributed by atoms with Gasteiger partial charge in [0.05, 0.1) is 0 Å². The number of hydrogen-bond acceptors (Lipinski definition) is 3. The second kappa shape index (κ2) is 9.60. The fraction of sp³-hybridized carbons (Fsp3) is 0.867. The monoisotopic (exact) mass is 299 g/mol. The number of amides is 2. The number of likely N-dealkylation sites (N-methyl/N-ethyl adjacent to an activating group) is 1. The van der Waals surface area contributed by atoms with Crippen molar-refractivity contribution in [1.29, 1.82) is 0 Å². The lowest BCUT2D eigenvalue weighted by Crippen LogP contribution is -2.51. The molecule has 1 rings (SSSR count). The number of nitrogens with one attached hydrogen (secondary N) is 2. The average molecular weight is 299 g/mol. The minimum absolute atomic E-state index is 0.0600. The highest BCUT2D eigenvalue weighted by Gasteiger charge is 2.30. The Morgan fingerprint density at radius 2 is 1.81 bits per heavy atom. The lowest BCUT2D eigenvalue weighted by molar-refractivity contribution is -0.141. The third-order valence-electron chi connectivity index (χ3n) is 4.28. The molecule has 1 aliphatic carbocycles. The van der Waals surface area contributed by atoms with Crippen molar-refractivity contribution in [3.63, 3.8) is 0 Å². The van der Waals surface area contributed by atoms with Crippen molar-refractivity contribution in [1.82, 2.24) is 15.5 Å². The van der Waals surface area contributed by atoms with Gasteiger partial charge in [-0.1, -0.05) is 33.1 Å². The van der Waals surface area contributed by atoms with Crippen molar-refractivity contribution in [2.75, 3.05) is 26.2 Å². The number of aliphatic carboxylic acids is 1. The van der Waals surface area contributed by atoms with Gasteiger partial charge in [0.25, 0.3) is 0 Å². The minimum Gasteiger partial charge on any atom is -0.480 e. The van der Waals surface area contributed by atoms with Crippen LogP contribution >= 0.6 is 0 Å². The molecule has 0 saturated heterocycles. The van der Waals surface area contributed by atoms with E-state index >= 15 is 0 Å². The van der Waals surface area contributed by atoms with Crippen LogP contribution in [0, 0.1) is 5.92 Å². The van der Waals surface area contributed by atoms with Crippen LogP contribution in [-0.4, -0.2) is 54.2 Å². The predicted molar refractivity (Wildman–Crippen MR) is 82.3 cm³/mol. The zero-order valence-electron chi connectivity index (χ0n) is 13.2. The van der Waals surface area contributed by atoms with E-state index in [4.69, 9.17) is 0 Å². The Kier molecular flexibility index (Phi) is 8.12. The smallest absolute Gasteiger partial charge is 0.326 e. The van der Waals surface area contributed by atoms with Gasteiger partial charge in [-0.2, -0.15) is 0 Å². The van der Waals surface area contributed by atoms with Crippen LogP contribution < -0.4 is 10.6 Å². The Balaban J connectivity index is 2.36. The van der Waals surface area contributed by atoms with Gasteiger partial charge in [-0.15, -0.1) is 0 Å². The lowest BCUT2D eigenvalue weighted by atomic mass is 9.84. The quantitative estimate of drug-likeness (QED) is 0.636. The van der Waals surface area contributed by atoms with E-state index in [2.05, 4.69) is 29.4 Å². The van der Waals surface area contributed by atoms with Gasteiger partial charge in [0.1, 0.15) is 6.04 Å². The molecule has 6 heteroatoms. The molecule has 2 amide bonds. The summed E-state index contributed by atoms with van der Waals surface area (Å²) in [6.45, 7) is 7.35. The van der Waals surface area contributed by atoms with Gasteiger partial charge in [-0.3, -0.25) is 0 Å². The summed E-state index contributed by atoms with van der Waals surface area (Å²) >= 11 is 0. The molecule has 0 heterocycles. The molecule has 0 aliphatic heterocycles. The maximum absolute atomic E-state index is 11.9. The molecule has 6 nitrogen and oxygen atoms in total. The summed E-state index contributed by atoms with van der Waals surface area (Å²) in [7, 11) is 0. The number of carbonyl (C=O) groups excluding carboxylic acids is 1. The summed E-state index contributed by atoms with van der Waals surface area (Å²) < 4.78 is 0. The molecule has 0 aromatic heterocycles. The maximum atomic E-state index is 11.9. The van der Waals surface area contributed by atoms with Gasteiger partial charge in [0.2, 0.25) is 0 Å². The number of rotatable bonds is 8. The molecule has 122 valence electrons. The van der Waals surface area contributed by atoms with E-state index < -0.39 is 12.0 Å². The highest BCUT2D eigenvalue weighted by atomic mass is 16.4. The second-order valence-corrected chi connectivity index (χ2v) is 5.64. The van der Waals surface area contributed by atoms with Gasteiger partial charge in [0, 0.05) is 13.1 Å². The first-order valence-electron chi connectivity index (χ1n) is 8.08. The van der Waals surface area contributed by atoms with Gasteiger partial charge in [-0.05, 0) is 31.8 Å². The number of hydrogen-bond donors (Lipinski definition) is 3. The van der Waals surface area contributed by atoms with Crippen LogP contribution in [0.3, 0.4) is 0 Å². The van der Waals surface area contributed by atoms with Crippen LogP contribution in [0.4, 0.5) is 4.79 Å². The standard InChI is InChI=1S/C15H29N3O3/c1-3-18(4-2)11-10-16-15(21)17-13(14(19)20)12-8-6-5-7-9-12/h12-13H,3-11H2,1-2H3,(H,19,20)(H2,16,17,21). The first kappa shape index (κ1) is 17.8. The number of urea groups is 1. The minimum atomic E-state index is -0.930. The van der Waals surface area contributed by atoms with Crippen LogP contribution in [0.2, 0.25) is 0 Å². The largest absolute Gasteiger partial charge is 0.480 e. The Bertz CT molecular complexity index is 326. The number of nitrogens with zero attached hydrogens (tertiary/aromatic N) is 1. The summed E-state index contributed by atoms with van der Waals surface area (Å²) in [5, 5.41) is 14.7. The molecule has 1 fully saturated rings. The normalized spacial score (nSPS) is 17.5. The summed E-state index contributed by atoms with van der Waals surface area (Å²) in [5.74, 6) is -0.870. The first-order valence-corrected chi connectivity index (χ1v) is 8.08. The van der Waals surface area contributed by atoms with E-state index in [0.717, 1.165) is 45.3 Å². The van der Waals surface area contributed by atoms with Crippen molar-refractivity contribution in [3.8, 4) is 0 Å². The molecule has 0 radical (unpaired) electrons. The molecule has 21 heavy (non-hydrogen) atoms. The van der Waals surface area contributed by atoms with E-state index in [9.17, 15) is 14.7 Å². The molecule has 1 unspecified atom stereocenters. The fourth-order valence-electron chi connectivity index (χ4n) is 2.91. The first-order chi connectivity index (χ1) is 10.1. The summed E-state index contributed by atoms with van der Waals surface area (Å²) in [6.07, 6.45) is 5.05. The Morgan fingerprint density at radius 3 is 2.33 bits per heavy atom. The lowest BCUT2D eigenvalue weighted by Gasteiger charge is -2.28.